The number of methoxy groups -OCH3 is 2. The molecule has 3 aromatic rings. The zero-order valence-corrected chi connectivity index (χ0v) is 21.9. The van der Waals surface area contributed by atoms with Gasteiger partial charge in [0, 0.05) is 38.3 Å². The average Bonchev–Trinajstić information content (AvgIpc) is 3.27. The summed E-state index contributed by atoms with van der Waals surface area (Å²) < 4.78 is 67.2. The van der Waals surface area contributed by atoms with Crippen LogP contribution in [0.15, 0.2) is 42.5 Å². The number of halogens is 5. The van der Waals surface area contributed by atoms with E-state index in [4.69, 9.17) is 21.1 Å². The van der Waals surface area contributed by atoms with E-state index in [2.05, 4.69) is 10.4 Å². The quantitative estimate of drug-likeness (QED) is 0.421. The van der Waals surface area contributed by atoms with Crippen molar-refractivity contribution in [2.75, 3.05) is 50.6 Å². The average molecular weight is 568 g/mol. The molecular formula is C26H26ClF4N5O3. The van der Waals surface area contributed by atoms with Gasteiger partial charge in [-0.2, -0.15) is 18.3 Å². The lowest BCUT2D eigenvalue weighted by atomic mass is 9.96. The molecule has 39 heavy (non-hydrogen) atoms. The van der Waals surface area contributed by atoms with Gasteiger partial charge in [-0.1, -0.05) is 17.7 Å². The summed E-state index contributed by atoms with van der Waals surface area (Å²) in [6.07, 6.45) is -5.00. The van der Waals surface area contributed by atoms with Gasteiger partial charge in [0.2, 0.25) is 0 Å². The molecule has 3 heterocycles. The highest BCUT2D eigenvalue weighted by atomic mass is 35.5. The van der Waals surface area contributed by atoms with E-state index in [1.165, 1.54) is 31.3 Å². The van der Waals surface area contributed by atoms with Crippen LogP contribution in [0.25, 0.3) is 0 Å². The van der Waals surface area contributed by atoms with Crippen molar-refractivity contribution in [3.05, 3.63) is 64.6 Å². The standard InChI is InChI=1S/C26H26ClF4N5O3/c1-38-19-8-3-15(13-20(19)39-2)18-14-21(26(29,30)31)36-24(32-18)22(27)23(33-36)25(37)35-11-9-34(10-12-35)17-6-4-16(28)5-7-17/h3-8,13,18,21,32H,9-12,14H2,1-2H3/t18-,21+/m1/s1. The van der Waals surface area contributed by atoms with Crippen molar-refractivity contribution in [1.82, 2.24) is 14.7 Å². The number of nitrogens with zero attached hydrogens (tertiary/aromatic N) is 4. The summed E-state index contributed by atoms with van der Waals surface area (Å²) in [6.45, 7) is 1.54. The summed E-state index contributed by atoms with van der Waals surface area (Å²) in [5.74, 6) is -0.143. The first-order valence-electron chi connectivity index (χ1n) is 12.2. The van der Waals surface area contributed by atoms with Crippen molar-refractivity contribution < 1.29 is 31.8 Å². The molecule has 1 N–H and O–H groups in total. The van der Waals surface area contributed by atoms with Crippen molar-refractivity contribution in [1.29, 1.82) is 0 Å². The second-order valence-electron chi connectivity index (χ2n) is 9.32. The van der Waals surface area contributed by atoms with Gasteiger partial charge in [0.15, 0.2) is 23.2 Å². The first-order chi connectivity index (χ1) is 18.6. The molecule has 13 heteroatoms. The predicted octanol–water partition coefficient (Wildman–Crippen LogP) is 5.32. The molecule has 1 amide bonds. The van der Waals surface area contributed by atoms with E-state index in [1.807, 2.05) is 4.90 Å². The zero-order valence-electron chi connectivity index (χ0n) is 21.1. The summed E-state index contributed by atoms with van der Waals surface area (Å²) in [4.78, 5) is 16.9. The van der Waals surface area contributed by atoms with Crippen LogP contribution in [0, 0.1) is 5.82 Å². The van der Waals surface area contributed by atoms with Gasteiger partial charge in [-0.15, -0.1) is 0 Å². The molecular weight excluding hydrogens is 542 g/mol. The molecule has 1 fully saturated rings. The van der Waals surface area contributed by atoms with Crippen LogP contribution in [0.5, 0.6) is 11.5 Å². The fraction of sp³-hybridized carbons (Fsp3) is 0.385. The van der Waals surface area contributed by atoms with Gasteiger partial charge in [0.1, 0.15) is 16.7 Å². The Labute approximate surface area is 227 Å². The molecule has 0 bridgehead atoms. The number of benzene rings is 2. The Balaban J connectivity index is 1.39. The van der Waals surface area contributed by atoms with E-state index in [0.29, 0.717) is 43.2 Å². The number of nitrogens with one attached hydrogen (secondary N) is 1. The Bertz CT molecular complexity index is 1360. The van der Waals surface area contributed by atoms with Crippen molar-refractivity contribution in [2.24, 2.45) is 0 Å². The fourth-order valence-electron chi connectivity index (χ4n) is 4.98. The Hall–Kier alpha value is -3.67. The van der Waals surface area contributed by atoms with E-state index in [-0.39, 0.29) is 28.8 Å². The van der Waals surface area contributed by atoms with E-state index in [0.717, 1.165) is 10.4 Å². The van der Waals surface area contributed by atoms with Gasteiger partial charge in [-0.05, 0) is 42.0 Å². The number of anilines is 2. The SMILES string of the molecule is COc1ccc([C@H]2C[C@@H](C(F)(F)F)n3nc(C(=O)N4CCN(c5ccc(F)cc5)CC4)c(Cl)c3N2)cc1OC. The number of ether oxygens (including phenoxy) is 2. The van der Waals surface area contributed by atoms with Crippen LogP contribution in [-0.2, 0) is 0 Å². The third kappa shape index (κ3) is 5.17. The Morgan fingerprint density at radius 3 is 2.31 bits per heavy atom. The van der Waals surface area contributed by atoms with Crippen LogP contribution >= 0.6 is 11.6 Å². The first kappa shape index (κ1) is 26.9. The Kier molecular flexibility index (Phi) is 7.23. The molecule has 2 atom stereocenters. The molecule has 1 aromatic heterocycles. The summed E-state index contributed by atoms with van der Waals surface area (Å²) in [5.41, 5.74) is 1.12. The minimum Gasteiger partial charge on any atom is -0.493 e. The van der Waals surface area contributed by atoms with Gasteiger partial charge >= 0.3 is 6.18 Å². The summed E-state index contributed by atoms with van der Waals surface area (Å²) in [6, 6.07) is 8.14. The molecule has 2 aliphatic rings. The highest BCUT2D eigenvalue weighted by molar-refractivity contribution is 6.36. The van der Waals surface area contributed by atoms with Crippen LogP contribution in [0.4, 0.5) is 29.1 Å². The number of amides is 1. The van der Waals surface area contributed by atoms with Gasteiger partial charge in [0.25, 0.3) is 5.91 Å². The Morgan fingerprint density at radius 1 is 1.03 bits per heavy atom. The highest BCUT2D eigenvalue weighted by Gasteiger charge is 2.48. The van der Waals surface area contributed by atoms with E-state index < -0.39 is 24.2 Å². The molecule has 1 saturated heterocycles. The van der Waals surface area contributed by atoms with Crippen molar-refractivity contribution in [2.45, 2.75) is 24.7 Å². The molecule has 208 valence electrons. The molecule has 2 aliphatic heterocycles. The lowest BCUT2D eigenvalue weighted by Gasteiger charge is -2.35. The van der Waals surface area contributed by atoms with Crippen molar-refractivity contribution in [3.63, 3.8) is 0 Å². The molecule has 8 nitrogen and oxygen atoms in total. The third-order valence-electron chi connectivity index (χ3n) is 7.07. The second-order valence-corrected chi connectivity index (χ2v) is 9.69. The van der Waals surface area contributed by atoms with E-state index in [1.54, 1.807) is 30.3 Å². The number of hydrogen-bond acceptors (Lipinski definition) is 6. The largest absolute Gasteiger partial charge is 0.493 e. The molecule has 0 spiro atoms. The fourth-order valence-corrected chi connectivity index (χ4v) is 5.24. The molecule has 5 rings (SSSR count). The molecule has 0 radical (unpaired) electrons. The lowest BCUT2D eigenvalue weighted by Crippen LogP contribution is -2.49. The topological polar surface area (TPSA) is 71.9 Å². The molecule has 0 saturated carbocycles. The minimum atomic E-state index is -4.64. The van der Waals surface area contributed by atoms with Crippen LogP contribution in [0.2, 0.25) is 5.02 Å². The number of alkyl halides is 3. The first-order valence-corrected chi connectivity index (χ1v) is 12.6. The van der Waals surface area contributed by atoms with Crippen LogP contribution in [0.3, 0.4) is 0 Å². The number of fused-ring (bicyclic) bond motifs is 1. The number of carbonyl (C=O) groups is 1. The Morgan fingerprint density at radius 2 is 1.69 bits per heavy atom. The molecule has 2 aromatic carbocycles. The molecule has 0 unspecified atom stereocenters. The lowest BCUT2D eigenvalue weighted by molar-refractivity contribution is -0.173. The maximum absolute atomic E-state index is 14.2. The van der Waals surface area contributed by atoms with Gasteiger partial charge in [0.05, 0.1) is 20.3 Å². The minimum absolute atomic E-state index is 0.0710. The summed E-state index contributed by atoms with van der Waals surface area (Å²) in [5, 5.41) is 6.94. The van der Waals surface area contributed by atoms with Crippen LogP contribution in [-0.4, -0.2) is 67.2 Å². The van der Waals surface area contributed by atoms with Gasteiger partial charge in [-0.25, -0.2) is 9.07 Å². The third-order valence-corrected chi connectivity index (χ3v) is 7.42. The van der Waals surface area contributed by atoms with Crippen LogP contribution in [0.1, 0.15) is 34.6 Å². The van der Waals surface area contributed by atoms with Gasteiger partial charge < -0.3 is 24.6 Å². The number of hydrogen-bond donors (Lipinski definition) is 1. The monoisotopic (exact) mass is 567 g/mol. The zero-order chi connectivity index (χ0) is 27.9. The van der Waals surface area contributed by atoms with Crippen LogP contribution < -0.4 is 19.7 Å². The number of aromatic nitrogens is 2. The normalized spacial score (nSPS) is 19.4. The van der Waals surface area contributed by atoms with Gasteiger partial charge in [-0.3, -0.25) is 4.79 Å². The van der Waals surface area contributed by atoms with Crippen molar-refractivity contribution in [3.8, 4) is 11.5 Å². The summed E-state index contributed by atoms with van der Waals surface area (Å²) in [7, 11) is 2.91. The number of carbonyl (C=O) groups excluding carboxylic acids is 1. The number of rotatable bonds is 5. The second kappa shape index (κ2) is 10.5. The maximum Gasteiger partial charge on any atom is 0.410 e. The highest BCUT2D eigenvalue weighted by Crippen LogP contribution is 2.47. The molecule has 0 aliphatic carbocycles. The maximum atomic E-state index is 14.2. The van der Waals surface area contributed by atoms with Crippen molar-refractivity contribution >= 4 is 29.0 Å². The number of piperazine rings is 1. The smallest absolute Gasteiger partial charge is 0.410 e. The van der Waals surface area contributed by atoms with E-state index >= 15 is 0 Å². The summed E-state index contributed by atoms with van der Waals surface area (Å²) >= 11 is 6.52. The van der Waals surface area contributed by atoms with E-state index in [9.17, 15) is 22.4 Å². The predicted molar refractivity (Wildman–Crippen MR) is 137 cm³/mol.